The SMILES string of the molecule is CC(=O)C1CCC(CNC(=O)N/N=C2/CN(C)C3CCN(C(=O)OCC4c5ccccc5-c5ccccc54)C23)CC1. The summed E-state index contributed by atoms with van der Waals surface area (Å²) in [4.78, 5) is 41.5. The summed E-state index contributed by atoms with van der Waals surface area (Å²) in [5, 5.41) is 7.40. The van der Waals surface area contributed by atoms with Crippen molar-refractivity contribution >= 4 is 23.6 Å². The van der Waals surface area contributed by atoms with Gasteiger partial charge in [-0.05, 0) is 74.2 Å². The van der Waals surface area contributed by atoms with Crippen molar-refractivity contribution in [1.29, 1.82) is 0 Å². The molecule has 2 saturated heterocycles. The fourth-order valence-corrected chi connectivity index (χ4v) is 7.26. The van der Waals surface area contributed by atoms with Crippen molar-refractivity contribution in [1.82, 2.24) is 20.5 Å². The summed E-state index contributed by atoms with van der Waals surface area (Å²) in [5.41, 5.74) is 8.20. The minimum atomic E-state index is -0.344. The maximum atomic E-state index is 13.4. The molecule has 2 aromatic carbocycles. The molecule has 2 N–H and O–H groups in total. The molecular formula is C32H39N5O4. The van der Waals surface area contributed by atoms with Crippen LogP contribution in [0.25, 0.3) is 11.1 Å². The molecule has 0 aromatic heterocycles. The van der Waals surface area contributed by atoms with E-state index in [1.54, 1.807) is 11.8 Å². The van der Waals surface area contributed by atoms with Gasteiger partial charge in [0.1, 0.15) is 12.4 Å². The van der Waals surface area contributed by atoms with Crippen molar-refractivity contribution in [2.75, 3.05) is 33.3 Å². The van der Waals surface area contributed by atoms with E-state index in [1.807, 2.05) is 31.3 Å². The Balaban J connectivity index is 1.05. The Hall–Kier alpha value is -3.72. The zero-order valence-electron chi connectivity index (χ0n) is 23.8. The van der Waals surface area contributed by atoms with E-state index >= 15 is 0 Å². The first-order valence-corrected chi connectivity index (χ1v) is 14.8. The van der Waals surface area contributed by atoms with Crippen molar-refractivity contribution in [2.24, 2.45) is 16.9 Å². The van der Waals surface area contributed by atoms with Gasteiger partial charge >= 0.3 is 12.1 Å². The number of likely N-dealkylation sites (tertiary alicyclic amines) is 2. The molecule has 2 aromatic rings. The number of fused-ring (bicyclic) bond motifs is 4. The van der Waals surface area contributed by atoms with Crippen LogP contribution in [0.5, 0.6) is 0 Å². The molecule has 216 valence electrons. The van der Waals surface area contributed by atoms with Crippen LogP contribution >= 0.6 is 0 Å². The highest BCUT2D eigenvalue weighted by molar-refractivity contribution is 5.97. The van der Waals surface area contributed by atoms with Gasteiger partial charge in [-0.25, -0.2) is 15.0 Å². The van der Waals surface area contributed by atoms with Crippen LogP contribution < -0.4 is 10.7 Å². The second kappa shape index (κ2) is 11.6. The maximum absolute atomic E-state index is 13.4. The first-order valence-electron chi connectivity index (χ1n) is 14.8. The normalized spacial score (nSPS) is 26.4. The minimum Gasteiger partial charge on any atom is -0.448 e. The predicted octanol–water partition coefficient (Wildman–Crippen LogP) is 4.37. The molecule has 1 saturated carbocycles. The van der Waals surface area contributed by atoms with E-state index in [0.29, 0.717) is 25.6 Å². The highest BCUT2D eigenvalue weighted by atomic mass is 16.6. The Morgan fingerprint density at radius 3 is 2.27 bits per heavy atom. The van der Waals surface area contributed by atoms with Gasteiger partial charge in [0.15, 0.2) is 0 Å². The van der Waals surface area contributed by atoms with Crippen LogP contribution in [0.15, 0.2) is 53.6 Å². The standard InChI is InChI=1S/C32H39N5O4/c1-20(38)22-13-11-21(12-14-22)17-33-31(39)35-34-28-18-36(2)29-15-16-37(30(28)29)32(40)41-19-27-25-9-5-3-7-23(25)24-8-4-6-10-26(24)27/h3-10,21-22,27,29-30H,11-19H2,1-2H3,(H2,33,35,39)/b34-28-. The number of hydrogen-bond donors (Lipinski definition) is 2. The quantitative estimate of drug-likeness (QED) is 0.514. The highest BCUT2D eigenvalue weighted by Crippen LogP contribution is 2.44. The van der Waals surface area contributed by atoms with E-state index in [4.69, 9.17) is 4.74 Å². The smallest absolute Gasteiger partial charge is 0.410 e. The third kappa shape index (κ3) is 5.47. The monoisotopic (exact) mass is 557 g/mol. The molecule has 2 atom stereocenters. The molecule has 41 heavy (non-hydrogen) atoms. The Morgan fingerprint density at radius 2 is 1.61 bits per heavy atom. The first kappa shape index (κ1) is 27.4. The number of carbonyl (C=O) groups is 3. The second-order valence-corrected chi connectivity index (χ2v) is 12.0. The molecular weight excluding hydrogens is 518 g/mol. The van der Waals surface area contributed by atoms with Crippen LogP contribution in [0.3, 0.4) is 0 Å². The van der Waals surface area contributed by atoms with Crippen LogP contribution in [-0.2, 0) is 9.53 Å². The van der Waals surface area contributed by atoms with Crippen LogP contribution in [-0.4, -0.2) is 78.8 Å². The Bertz CT molecular complexity index is 1310. The number of benzene rings is 2. The van der Waals surface area contributed by atoms with Gasteiger partial charge in [-0.2, -0.15) is 5.10 Å². The molecule has 0 spiro atoms. The van der Waals surface area contributed by atoms with Gasteiger partial charge in [-0.15, -0.1) is 0 Å². The maximum Gasteiger partial charge on any atom is 0.410 e. The molecule has 3 fully saturated rings. The van der Waals surface area contributed by atoms with E-state index in [0.717, 1.165) is 37.8 Å². The molecule has 0 bridgehead atoms. The van der Waals surface area contributed by atoms with Gasteiger partial charge in [0.25, 0.3) is 0 Å². The number of ether oxygens (including phenoxy) is 1. The summed E-state index contributed by atoms with van der Waals surface area (Å²) in [5.74, 6) is 0.824. The average molecular weight is 558 g/mol. The van der Waals surface area contributed by atoms with E-state index in [-0.39, 0.29) is 48.4 Å². The van der Waals surface area contributed by atoms with Crippen molar-refractivity contribution < 1.29 is 19.1 Å². The van der Waals surface area contributed by atoms with E-state index in [9.17, 15) is 14.4 Å². The molecule has 2 aliphatic carbocycles. The fourth-order valence-electron chi connectivity index (χ4n) is 7.26. The lowest BCUT2D eigenvalue weighted by atomic mass is 9.80. The number of urea groups is 1. The molecule has 2 unspecified atom stereocenters. The lowest BCUT2D eigenvalue weighted by molar-refractivity contribution is -0.121. The largest absolute Gasteiger partial charge is 0.448 e. The second-order valence-electron chi connectivity index (χ2n) is 12.0. The molecule has 2 aliphatic heterocycles. The van der Waals surface area contributed by atoms with E-state index in [2.05, 4.69) is 45.0 Å². The molecule has 9 heteroatoms. The first-order chi connectivity index (χ1) is 19.9. The third-order valence-corrected chi connectivity index (χ3v) is 9.53. The van der Waals surface area contributed by atoms with Gasteiger partial charge in [-0.1, -0.05) is 48.5 Å². The highest BCUT2D eigenvalue weighted by Gasteiger charge is 2.48. The van der Waals surface area contributed by atoms with Crippen molar-refractivity contribution in [3.63, 3.8) is 0 Å². The van der Waals surface area contributed by atoms with Gasteiger partial charge in [0.05, 0.1) is 11.8 Å². The van der Waals surface area contributed by atoms with Gasteiger partial charge in [-0.3, -0.25) is 14.6 Å². The molecule has 4 aliphatic rings. The number of nitrogens with one attached hydrogen (secondary N) is 2. The summed E-state index contributed by atoms with van der Waals surface area (Å²) in [7, 11) is 2.03. The Morgan fingerprint density at radius 1 is 0.951 bits per heavy atom. The van der Waals surface area contributed by atoms with E-state index < -0.39 is 0 Å². The number of amides is 3. The van der Waals surface area contributed by atoms with Crippen LogP contribution in [0.4, 0.5) is 9.59 Å². The van der Waals surface area contributed by atoms with Crippen molar-refractivity contribution in [3.05, 3.63) is 59.7 Å². The average Bonchev–Trinajstić information content (AvgIpc) is 3.66. The number of hydrazone groups is 1. The van der Waals surface area contributed by atoms with Gasteiger partial charge in [0, 0.05) is 37.5 Å². The number of rotatable bonds is 6. The lowest BCUT2D eigenvalue weighted by Crippen LogP contribution is -2.44. The molecule has 6 rings (SSSR count). The van der Waals surface area contributed by atoms with Crippen molar-refractivity contribution in [3.8, 4) is 11.1 Å². The lowest BCUT2D eigenvalue weighted by Gasteiger charge is -2.27. The van der Waals surface area contributed by atoms with Gasteiger partial charge < -0.3 is 10.1 Å². The summed E-state index contributed by atoms with van der Waals surface area (Å²) < 4.78 is 5.96. The number of carbonyl (C=O) groups excluding carboxylic acids is 3. The number of likely N-dealkylation sites (N-methyl/N-ethyl adjacent to an activating group) is 1. The predicted molar refractivity (Wildman–Crippen MR) is 157 cm³/mol. The number of nitrogens with zero attached hydrogens (tertiary/aromatic N) is 3. The number of hydrogen-bond acceptors (Lipinski definition) is 6. The summed E-state index contributed by atoms with van der Waals surface area (Å²) in [6, 6.07) is 16.2. The Kier molecular flexibility index (Phi) is 7.79. The number of ketones is 1. The van der Waals surface area contributed by atoms with Crippen LogP contribution in [0.1, 0.15) is 56.1 Å². The summed E-state index contributed by atoms with van der Waals surface area (Å²) >= 11 is 0. The Labute approximate surface area is 241 Å². The van der Waals surface area contributed by atoms with Crippen LogP contribution in [0, 0.1) is 11.8 Å². The fraction of sp³-hybridized carbons (Fsp3) is 0.500. The molecule has 0 radical (unpaired) electrons. The molecule has 3 amide bonds. The topological polar surface area (TPSA) is 103 Å². The zero-order chi connectivity index (χ0) is 28.5. The molecule has 2 heterocycles. The van der Waals surface area contributed by atoms with Crippen molar-refractivity contribution in [2.45, 2.75) is 57.0 Å². The van der Waals surface area contributed by atoms with Gasteiger partial charge in [0.2, 0.25) is 0 Å². The summed E-state index contributed by atoms with van der Waals surface area (Å²) in [6.45, 7) is 3.68. The third-order valence-electron chi connectivity index (χ3n) is 9.53. The van der Waals surface area contributed by atoms with Crippen LogP contribution in [0.2, 0.25) is 0 Å². The summed E-state index contributed by atoms with van der Waals surface area (Å²) in [6.07, 6.45) is 4.18. The molecule has 9 nitrogen and oxygen atoms in total. The zero-order valence-corrected chi connectivity index (χ0v) is 23.8. The van der Waals surface area contributed by atoms with E-state index in [1.165, 1.54) is 22.3 Å². The number of Topliss-reactive ketones (excluding diaryl/α,β-unsaturated/α-hetero) is 1. The minimum absolute atomic E-state index is 0.00649.